The molecule has 8 heteroatoms. The van der Waals surface area contributed by atoms with Crippen LogP contribution >= 0.6 is 11.8 Å². The second-order valence-electron chi connectivity index (χ2n) is 3.70. The van der Waals surface area contributed by atoms with E-state index in [0.29, 0.717) is 28.4 Å². The van der Waals surface area contributed by atoms with Crippen molar-refractivity contribution in [3.63, 3.8) is 0 Å². The van der Waals surface area contributed by atoms with Crippen LogP contribution in [0.3, 0.4) is 0 Å². The Labute approximate surface area is 112 Å². The van der Waals surface area contributed by atoms with E-state index < -0.39 is 0 Å². The largest absolute Gasteiger partial charge is 0.461 e. The molecule has 0 spiro atoms. The third-order valence-electron chi connectivity index (χ3n) is 2.38. The number of aromatic amines is 1. The van der Waals surface area contributed by atoms with Gasteiger partial charge in [-0.05, 0) is 12.1 Å². The molecule has 0 aromatic carbocycles. The van der Waals surface area contributed by atoms with Crippen molar-refractivity contribution in [3.8, 4) is 11.6 Å². The van der Waals surface area contributed by atoms with E-state index in [1.807, 2.05) is 6.92 Å². The summed E-state index contributed by atoms with van der Waals surface area (Å²) in [7, 11) is 0. The molecular weight excluding hydrogens is 266 g/mol. The lowest BCUT2D eigenvalue weighted by atomic mass is 10.4. The van der Waals surface area contributed by atoms with Crippen LogP contribution in [0.5, 0.6) is 0 Å². The van der Waals surface area contributed by atoms with E-state index in [0.717, 1.165) is 12.2 Å². The van der Waals surface area contributed by atoms with Crippen molar-refractivity contribution in [3.05, 3.63) is 30.1 Å². The first-order valence-corrected chi connectivity index (χ1v) is 6.74. The molecule has 3 aromatic heterocycles. The Morgan fingerprint density at radius 3 is 3.05 bits per heavy atom. The van der Waals surface area contributed by atoms with Gasteiger partial charge in [0.2, 0.25) is 16.9 Å². The van der Waals surface area contributed by atoms with Crippen LogP contribution in [0.1, 0.15) is 18.6 Å². The van der Waals surface area contributed by atoms with E-state index in [2.05, 4.69) is 25.3 Å². The Morgan fingerprint density at radius 2 is 2.32 bits per heavy atom. The van der Waals surface area contributed by atoms with Crippen molar-refractivity contribution >= 4 is 11.8 Å². The number of thioether (sulfide) groups is 1. The minimum atomic E-state index is 0.449. The first kappa shape index (κ1) is 12.0. The Morgan fingerprint density at radius 1 is 1.37 bits per heavy atom. The van der Waals surface area contributed by atoms with Crippen molar-refractivity contribution in [1.29, 1.82) is 0 Å². The van der Waals surface area contributed by atoms with Crippen LogP contribution in [0.15, 0.2) is 32.5 Å². The number of hydrogen-bond acceptors (Lipinski definition) is 7. The van der Waals surface area contributed by atoms with Crippen LogP contribution in [-0.4, -0.2) is 25.3 Å². The maximum atomic E-state index is 5.19. The zero-order chi connectivity index (χ0) is 13.1. The summed E-state index contributed by atoms with van der Waals surface area (Å²) in [5.74, 6) is 2.94. The third-order valence-corrected chi connectivity index (χ3v) is 3.21. The van der Waals surface area contributed by atoms with E-state index in [1.165, 1.54) is 11.8 Å². The van der Waals surface area contributed by atoms with Gasteiger partial charge in [0.1, 0.15) is 5.82 Å². The summed E-state index contributed by atoms with van der Waals surface area (Å²) in [5, 5.41) is 11.5. The fraction of sp³-hybridized carbons (Fsp3) is 0.273. The lowest BCUT2D eigenvalue weighted by molar-refractivity contribution is 0.390. The predicted octanol–water partition coefficient (Wildman–Crippen LogP) is 2.30. The van der Waals surface area contributed by atoms with Gasteiger partial charge in [0, 0.05) is 6.42 Å². The molecule has 0 fully saturated rings. The summed E-state index contributed by atoms with van der Waals surface area (Å²) < 4.78 is 10.3. The third kappa shape index (κ3) is 2.68. The van der Waals surface area contributed by atoms with Gasteiger partial charge in [0.05, 0.1) is 12.0 Å². The molecule has 0 unspecified atom stereocenters. The van der Waals surface area contributed by atoms with Crippen LogP contribution in [0.4, 0.5) is 0 Å². The maximum absolute atomic E-state index is 5.19. The van der Waals surface area contributed by atoms with Gasteiger partial charge in [-0.25, -0.2) is 4.98 Å². The minimum absolute atomic E-state index is 0.449. The summed E-state index contributed by atoms with van der Waals surface area (Å²) in [4.78, 5) is 8.53. The predicted molar refractivity (Wildman–Crippen MR) is 67.3 cm³/mol. The molecule has 0 aliphatic rings. The van der Waals surface area contributed by atoms with Crippen LogP contribution in [0.2, 0.25) is 0 Å². The number of nitrogens with one attached hydrogen (secondary N) is 1. The number of aryl methyl sites for hydroxylation is 1. The van der Waals surface area contributed by atoms with E-state index in [4.69, 9.17) is 8.94 Å². The molecule has 0 aliphatic heterocycles. The lowest BCUT2D eigenvalue weighted by Crippen LogP contribution is -1.83. The normalized spacial score (nSPS) is 11.0. The second-order valence-corrected chi connectivity index (χ2v) is 4.64. The van der Waals surface area contributed by atoms with Gasteiger partial charge in [-0.3, -0.25) is 5.10 Å². The van der Waals surface area contributed by atoms with E-state index in [-0.39, 0.29) is 0 Å². The smallest absolute Gasteiger partial charge is 0.238 e. The van der Waals surface area contributed by atoms with E-state index in [9.17, 15) is 0 Å². The maximum Gasteiger partial charge on any atom is 0.238 e. The van der Waals surface area contributed by atoms with Crippen LogP contribution in [-0.2, 0) is 12.2 Å². The molecule has 0 bridgehead atoms. The molecule has 7 nitrogen and oxygen atoms in total. The van der Waals surface area contributed by atoms with Gasteiger partial charge in [-0.15, -0.1) is 5.10 Å². The van der Waals surface area contributed by atoms with Crippen LogP contribution in [0.25, 0.3) is 11.6 Å². The molecule has 19 heavy (non-hydrogen) atoms. The number of hydrogen-bond donors (Lipinski definition) is 1. The molecule has 0 saturated carbocycles. The van der Waals surface area contributed by atoms with Crippen molar-refractivity contribution in [2.45, 2.75) is 24.3 Å². The summed E-state index contributed by atoms with van der Waals surface area (Å²) in [6.07, 6.45) is 2.40. The molecule has 3 aromatic rings. The highest BCUT2D eigenvalue weighted by Crippen LogP contribution is 2.21. The average molecular weight is 277 g/mol. The number of H-pyrrole nitrogens is 1. The highest BCUT2D eigenvalue weighted by atomic mass is 32.2. The SMILES string of the molecule is CCc1nc(SCc2nc(-c3ccco3)no2)n[nH]1. The molecule has 0 amide bonds. The fourth-order valence-electron chi connectivity index (χ4n) is 1.45. The quantitative estimate of drug-likeness (QED) is 0.715. The van der Waals surface area contributed by atoms with E-state index >= 15 is 0 Å². The summed E-state index contributed by atoms with van der Waals surface area (Å²) in [6.45, 7) is 2.02. The molecule has 3 rings (SSSR count). The monoisotopic (exact) mass is 277 g/mol. The van der Waals surface area contributed by atoms with Crippen molar-refractivity contribution in [2.75, 3.05) is 0 Å². The van der Waals surface area contributed by atoms with Gasteiger partial charge < -0.3 is 8.94 Å². The van der Waals surface area contributed by atoms with Crippen molar-refractivity contribution in [2.24, 2.45) is 0 Å². The van der Waals surface area contributed by atoms with Gasteiger partial charge in [-0.2, -0.15) is 4.98 Å². The molecule has 3 heterocycles. The zero-order valence-corrected chi connectivity index (χ0v) is 11.0. The molecule has 0 aliphatic carbocycles. The average Bonchev–Trinajstić information content (AvgIpc) is 3.16. The number of furan rings is 1. The Kier molecular flexibility index (Phi) is 3.32. The standard InChI is InChI=1S/C11H11N5O2S/c1-2-8-12-11(15-14-8)19-6-9-13-10(16-18-9)7-4-3-5-17-7/h3-5H,2,6H2,1H3,(H,12,14,15). The number of rotatable bonds is 5. The zero-order valence-electron chi connectivity index (χ0n) is 10.2. The Bertz CT molecular complexity index is 646. The number of nitrogens with zero attached hydrogens (tertiary/aromatic N) is 4. The molecule has 0 atom stereocenters. The topological polar surface area (TPSA) is 93.6 Å². The highest BCUT2D eigenvalue weighted by molar-refractivity contribution is 7.98. The molecule has 98 valence electrons. The summed E-state index contributed by atoms with van der Waals surface area (Å²) in [6, 6.07) is 3.56. The van der Waals surface area contributed by atoms with Gasteiger partial charge in [0.15, 0.2) is 5.76 Å². The Hall–Kier alpha value is -2.09. The van der Waals surface area contributed by atoms with Gasteiger partial charge >= 0.3 is 0 Å². The van der Waals surface area contributed by atoms with Gasteiger partial charge in [-0.1, -0.05) is 23.8 Å². The lowest BCUT2D eigenvalue weighted by Gasteiger charge is -1.89. The molecule has 0 radical (unpaired) electrons. The highest BCUT2D eigenvalue weighted by Gasteiger charge is 2.12. The number of aromatic nitrogens is 5. The molecule has 1 N–H and O–H groups in total. The Balaban J connectivity index is 1.64. The minimum Gasteiger partial charge on any atom is -0.461 e. The molecular formula is C11H11N5O2S. The first-order valence-electron chi connectivity index (χ1n) is 5.75. The fourth-order valence-corrected chi connectivity index (χ4v) is 2.10. The van der Waals surface area contributed by atoms with Crippen LogP contribution < -0.4 is 0 Å². The van der Waals surface area contributed by atoms with Crippen molar-refractivity contribution in [1.82, 2.24) is 25.3 Å². The summed E-state index contributed by atoms with van der Waals surface area (Å²) >= 11 is 1.44. The van der Waals surface area contributed by atoms with Gasteiger partial charge in [0.25, 0.3) is 0 Å². The van der Waals surface area contributed by atoms with E-state index in [1.54, 1.807) is 18.4 Å². The first-order chi connectivity index (χ1) is 9.35. The summed E-state index contributed by atoms with van der Waals surface area (Å²) in [5.41, 5.74) is 0. The molecule has 0 saturated heterocycles. The van der Waals surface area contributed by atoms with Crippen molar-refractivity contribution < 1.29 is 8.94 Å². The second kappa shape index (κ2) is 5.27. The van der Waals surface area contributed by atoms with Crippen LogP contribution in [0, 0.1) is 0 Å².